The second kappa shape index (κ2) is 4.01. The van der Waals surface area contributed by atoms with Crippen molar-refractivity contribution in [2.45, 2.75) is 6.92 Å². The van der Waals surface area contributed by atoms with Gasteiger partial charge in [-0.15, -0.1) is 5.10 Å². The SMILES string of the molecule is Cc1nc2ccccn2c1/C=N\N=C(N)N. The van der Waals surface area contributed by atoms with Crippen molar-refractivity contribution in [3.63, 3.8) is 0 Å². The van der Waals surface area contributed by atoms with Gasteiger partial charge in [0.25, 0.3) is 0 Å². The molecule has 0 saturated carbocycles. The molecule has 2 heterocycles. The average molecular weight is 216 g/mol. The topological polar surface area (TPSA) is 94.1 Å². The Morgan fingerprint density at radius 1 is 1.44 bits per heavy atom. The molecular weight excluding hydrogens is 204 g/mol. The molecular formula is C10H12N6. The van der Waals surface area contributed by atoms with Crippen molar-refractivity contribution in [1.82, 2.24) is 9.38 Å². The third-order valence-electron chi connectivity index (χ3n) is 2.10. The van der Waals surface area contributed by atoms with Crippen molar-refractivity contribution in [1.29, 1.82) is 0 Å². The minimum absolute atomic E-state index is 0.0669. The van der Waals surface area contributed by atoms with E-state index in [9.17, 15) is 0 Å². The zero-order valence-corrected chi connectivity index (χ0v) is 8.83. The van der Waals surface area contributed by atoms with E-state index in [1.807, 2.05) is 35.7 Å². The minimum atomic E-state index is -0.0669. The van der Waals surface area contributed by atoms with Crippen molar-refractivity contribution < 1.29 is 0 Å². The molecule has 6 nitrogen and oxygen atoms in total. The van der Waals surface area contributed by atoms with E-state index in [4.69, 9.17) is 11.5 Å². The van der Waals surface area contributed by atoms with Gasteiger partial charge in [0.15, 0.2) is 0 Å². The molecule has 0 aliphatic carbocycles. The highest BCUT2D eigenvalue weighted by atomic mass is 15.3. The Bertz CT molecular complexity index is 562. The Morgan fingerprint density at radius 2 is 2.25 bits per heavy atom. The Balaban J connectivity index is 2.47. The van der Waals surface area contributed by atoms with Crippen molar-refractivity contribution >= 4 is 17.8 Å². The van der Waals surface area contributed by atoms with Crippen molar-refractivity contribution in [3.8, 4) is 0 Å². The number of hydrogen-bond donors (Lipinski definition) is 2. The largest absolute Gasteiger partial charge is 0.369 e. The molecule has 0 bridgehead atoms. The van der Waals surface area contributed by atoms with Crippen molar-refractivity contribution in [2.24, 2.45) is 21.7 Å². The van der Waals surface area contributed by atoms with Gasteiger partial charge in [0, 0.05) is 6.20 Å². The van der Waals surface area contributed by atoms with E-state index in [2.05, 4.69) is 15.2 Å². The fraction of sp³-hybridized carbons (Fsp3) is 0.100. The molecule has 0 unspecified atom stereocenters. The molecule has 0 saturated heterocycles. The van der Waals surface area contributed by atoms with Crippen LogP contribution in [0.4, 0.5) is 0 Å². The third kappa shape index (κ3) is 1.85. The van der Waals surface area contributed by atoms with E-state index in [-0.39, 0.29) is 5.96 Å². The Labute approximate surface area is 92.3 Å². The quantitative estimate of drug-likeness (QED) is 0.428. The summed E-state index contributed by atoms with van der Waals surface area (Å²) in [5, 5.41) is 7.32. The van der Waals surface area contributed by atoms with Crippen LogP contribution in [0.25, 0.3) is 5.65 Å². The van der Waals surface area contributed by atoms with E-state index in [1.54, 1.807) is 6.21 Å². The predicted octanol–water partition coefficient (Wildman–Crippen LogP) is 0.250. The zero-order chi connectivity index (χ0) is 11.5. The lowest BCUT2D eigenvalue weighted by Gasteiger charge is -1.94. The number of pyridine rings is 1. The van der Waals surface area contributed by atoms with Gasteiger partial charge in [-0.3, -0.25) is 4.40 Å². The van der Waals surface area contributed by atoms with Gasteiger partial charge in [-0.1, -0.05) is 6.07 Å². The molecule has 2 rings (SSSR count). The van der Waals surface area contributed by atoms with Crippen LogP contribution in [-0.2, 0) is 0 Å². The molecule has 6 heteroatoms. The Kier molecular flexibility index (Phi) is 2.55. The molecule has 16 heavy (non-hydrogen) atoms. The maximum Gasteiger partial charge on any atom is 0.211 e. The number of hydrogen-bond acceptors (Lipinski definition) is 3. The van der Waals surface area contributed by atoms with Gasteiger partial charge in [-0.2, -0.15) is 5.10 Å². The second-order valence-electron chi connectivity index (χ2n) is 3.28. The van der Waals surface area contributed by atoms with Crippen LogP contribution in [0, 0.1) is 6.92 Å². The summed E-state index contributed by atoms with van der Waals surface area (Å²) < 4.78 is 1.92. The van der Waals surface area contributed by atoms with Gasteiger partial charge in [-0.05, 0) is 19.1 Å². The predicted molar refractivity (Wildman–Crippen MR) is 63.3 cm³/mol. The lowest BCUT2D eigenvalue weighted by Crippen LogP contribution is -2.21. The third-order valence-corrected chi connectivity index (χ3v) is 2.10. The molecule has 4 N–H and O–H groups in total. The number of fused-ring (bicyclic) bond motifs is 1. The van der Waals surface area contributed by atoms with Gasteiger partial charge in [0.05, 0.1) is 17.6 Å². The van der Waals surface area contributed by atoms with Gasteiger partial charge in [-0.25, -0.2) is 4.98 Å². The molecule has 0 aliphatic heterocycles. The lowest BCUT2D eigenvalue weighted by atomic mass is 10.4. The maximum atomic E-state index is 5.17. The molecule has 0 fully saturated rings. The van der Waals surface area contributed by atoms with E-state index in [0.29, 0.717) is 0 Å². The van der Waals surface area contributed by atoms with E-state index in [0.717, 1.165) is 17.0 Å². The number of nitrogens with zero attached hydrogens (tertiary/aromatic N) is 4. The number of guanidine groups is 1. The summed E-state index contributed by atoms with van der Waals surface area (Å²) in [5.41, 5.74) is 13.0. The van der Waals surface area contributed by atoms with Gasteiger partial charge in [0.1, 0.15) is 5.65 Å². The standard InChI is InChI=1S/C10H12N6/c1-7-8(6-13-15-10(11)12)16-5-3-2-4-9(16)14-7/h2-6H,1H3,(H4,11,12,15)/b13-6-. The molecule has 0 atom stereocenters. The molecule has 0 aromatic carbocycles. The molecule has 82 valence electrons. The van der Waals surface area contributed by atoms with Crippen LogP contribution in [-0.4, -0.2) is 21.6 Å². The van der Waals surface area contributed by atoms with Crippen LogP contribution in [0.1, 0.15) is 11.4 Å². The normalized spacial score (nSPS) is 11.1. The highest BCUT2D eigenvalue weighted by Crippen LogP contribution is 2.09. The molecule has 2 aromatic heterocycles. The minimum Gasteiger partial charge on any atom is -0.369 e. The van der Waals surface area contributed by atoms with Crippen LogP contribution >= 0.6 is 0 Å². The molecule has 0 amide bonds. The first kappa shape index (κ1) is 10.2. The van der Waals surface area contributed by atoms with E-state index < -0.39 is 0 Å². The fourth-order valence-corrected chi connectivity index (χ4v) is 1.44. The molecule has 0 aliphatic rings. The van der Waals surface area contributed by atoms with Crippen molar-refractivity contribution in [2.75, 3.05) is 0 Å². The first-order chi connectivity index (χ1) is 7.68. The smallest absolute Gasteiger partial charge is 0.211 e. The summed E-state index contributed by atoms with van der Waals surface area (Å²) in [6.45, 7) is 1.91. The molecule has 0 spiro atoms. The average Bonchev–Trinajstić information content (AvgIpc) is 2.55. The van der Waals surface area contributed by atoms with Gasteiger partial charge >= 0.3 is 0 Å². The van der Waals surface area contributed by atoms with E-state index >= 15 is 0 Å². The van der Waals surface area contributed by atoms with Gasteiger partial charge < -0.3 is 11.5 Å². The number of aromatic nitrogens is 2. The number of imidazole rings is 1. The number of nitrogens with two attached hydrogens (primary N) is 2. The monoisotopic (exact) mass is 216 g/mol. The molecule has 2 aromatic rings. The van der Waals surface area contributed by atoms with Crippen molar-refractivity contribution in [3.05, 3.63) is 35.8 Å². The zero-order valence-electron chi connectivity index (χ0n) is 8.83. The highest BCUT2D eigenvalue weighted by Gasteiger charge is 2.04. The fourth-order valence-electron chi connectivity index (χ4n) is 1.44. The van der Waals surface area contributed by atoms with Crippen LogP contribution in [0.3, 0.4) is 0 Å². The first-order valence-corrected chi connectivity index (χ1v) is 4.74. The number of aryl methyl sites for hydroxylation is 1. The van der Waals surface area contributed by atoms with E-state index in [1.165, 1.54) is 0 Å². The maximum absolute atomic E-state index is 5.17. The van der Waals surface area contributed by atoms with Gasteiger partial charge in [0.2, 0.25) is 5.96 Å². The summed E-state index contributed by atoms with van der Waals surface area (Å²) >= 11 is 0. The summed E-state index contributed by atoms with van der Waals surface area (Å²) in [6.07, 6.45) is 3.49. The van der Waals surface area contributed by atoms with Crippen LogP contribution in [0.5, 0.6) is 0 Å². The summed E-state index contributed by atoms with van der Waals surface area (Å²) in [5.74, 6) is -0.0669. The first-order valence-electron chi connectivity index (χ1n) is 4.74. The lowest BCUT2D eigenvalue weighted by molar-refractivity contribution is 1.15. The van der Waals surface area contributed by atoms with Crippen LogP contribution in [0.15, 0.2) is 34.6 Å². The Hall–Kier alpha value is -2.37. The highest BCUT2D eigenvalue weighted by molar-refractivity contribution is 5.82. The summed E-state index contributed by atoms with van der Waals surface area (Å²) in [4.78, 5) is 4.37. The number of rotatable bonds is 2. The summed E-state index contributed by atoms with van der Waals surface area (Å²) in [6, 6.07) is 5.77. The van der Waals surface area contributed by atoms with Crippen LogP contribution < -0.4 is 11.5 Å². The van der Waals surface area contributed by atoms with Crippen LogP contribution in [0.2, 0.25) is 0 Å². The molecule has 0 radical (unpaired) electrons. The Morgan fingerprint density at radius 3 is 3.00 bits per heavy atom. The second-order valence-corrected chi connectivity index (χ2v) is 3.28. The summed E-state index contributed by atoms with van der Waals surface area (Å²) in [7, 11) is 0.